The van der Waals surface area contributed by atoms with E-state index in [2.05, 4.69) is 0 Å². The highest BCUT2D eigenvalue weighted by Crippen LogP contribution is 2.21. The highest BCUT2D eigenvalue weighted by molar-refractivity contribution is 6.10. The molecular weight excluding hydrogens is 456 g/mol. The summed E-state index contributed by atoms with van der Waals surface area (Å²) < 4.78 is 16.3. The van der Waals surface area contributed by atoms with E-state index in [0.717, 1.165) is 16.7 Å². The number of ether oxygens (including phenoxy) is 3. The zero-order chi connectivity index (χ0) is 25.2. The zero-order valence-electron chi connectivity index (χ0n) is 19.5. The number of benzene rings is 4. The van der Waals surface area contributed by atoms with E-state index in [1.54, 1.807) is 0 Å². The first-order valence-electron chi connectivity index (χ1n) is 11.4. The molecule has 0 aliphatic heterocycles. The summed E-state index contributed by atoms with van der Waals surface area (Å²) in [6.45, 7) is 0.00723. The maximum atomic E-state index is 13.2. The van der Waals surface area contributed by atoms with Gasteiger partial charge in [0.2, 0.25) is 0 Å². The predicted molar refractivity (Wildman–Crippen MR) is 133 cm³/mol. The Kier molecular flexibility index (Phi) is 8.22. The molecule has 6 nitrogen and oxygen atoms in total. The van der Waals surface area contributed by atoms with Crippen molar-refractivity contribution in [3.05, 3.63) is 143 Å². The molecule has 4 rings (SSSR count). The van der Waals surface area contributed by atoms with E-state index in [-0.39, 0.29) is 36.5 Å². The molecule has 0 heterocycles. The lowest BCUT2D eigenvalue weighted by atomic mass is 10.0. The number of hydrogen-bond donors (Lipinski definition) is 0. The van der Waals surface area contributed by atoms with Crippen molar-refractivity contribution in [3.63, 3.8) is 0 Å². The van der Waals surface area contributed by atoms with Crippen LogP contribution >= 0.6 is 0 Å². The largest absolute Gasteiger partial charge is 0.457 e. The summed E-state index contributed by atoms with van der Waals surface area (Å²) in [5.74, 6) is -2.32. The predicted octanol–water partition coefficient (Wildman–Crippen LogP) is 5.76. The Balaban J connectivity index is 1.58. The topological polar surface area (TPSA) is 78.9 Å². The van der Waals surface area contributed by atoms with Crippen molar-refractivity contribution in [1.29, 1.82) is 0 Å². The van der Waals surface area contributed by atoms with Gasteiger partial charge >= 0.3 is 17.9 Å². The smallest absolute Gasteiger partial charge is 0.340 e. The van der Waals surface area contributed by atoms with E-state index in [1.165, 1.54) is 18.2 Å². The van der Waals surface area contributed by atoms with Crippen LogP contribution in [0.3, 0.4) is 0 Å². The van der Waals surface area contributed by atoms with Crippen molar-refractivity contribution < 1.29 is 28.6 Å². The lowest BCUT2D eigenvalue weighted by Gasteiger charge is -2.14. The molecule has 6 heteroatoms. The Bertz CT molecular complexity index is 1240. The second kappa shape index (κ2) is 12.1. The van der Waals surface area contributed by atoms with Crippen molar-refractivity contribution in [2.45, 2.75) is 19.8 Å². The fourth-order valence-electron chi connectivity index (χ4n) is 3.51. The average molecular weight is 481 g/mol. The van der Waals surface area contributed by atoms with Crippen LogP contribution < -0.4 is 0 Å². The lowest BCUT2D eigenvalue weighted by molar-refractivity contribution is 0.0404. The molecule has 0 radical (unpaired) electrons. The molecule has 4 aromatic rings. The third-order valence-electron chi connectivity index (χ3n) is 5.35. The summed E-state index contributed by atoms with van der Waals surface area (Å²) in [5, 5.41) is 0. The summed E-state index contributed by atoms with van der Waals surface area (Å²) in [4.78, 5) is 39.2. The Morgan fingerprint density at radius 2 is 0.750 bits per heavy atom. The van der Waals surface area contributed by atoms with Crippen LogP contribution in [0.4, 0.5) is 0 Å². The summed E-state index contributed by atoms with van der Waals surface area (Å²) in [6.07, 6.45) is 0. The number of esters is 3. The highest BCUT2D eigenvalue weighted by Gasteiger charge is 2.27. The van der Waals surface area contributed by atoms with Gasteiger partial charge in [-0.15, -0.1) is 0 Å². The number of rotatable bonds is 9. The van der Waals surface area contributed by atoms with Gasteiger partial charge in [-0.3, -0.25) is 0 Å². The van der Waals surface area contributed by atoms with E-state index >= 15 is 0 Å². The number of carbonyl (C=O) groups excluding carboxylic acids is 3. The van der Waals surface area contributed by atoms with Gasteiger partial charge in [-0.25, -0.2) is 14.4 Å². The molecule has 0 aliphatic carbocycles. The van der Waals surface area contributed by atoms with Crippen LogP contribution in [-0.2, 0) is 34.0 Å². The Morgan fingerprint density at radius 3 is 1.11 bits per heavy atom. The Labute approximate surface area is 209 Å². The first-order chi connectivity index (χ1) is 17.6. The van der Waals surface area contributed by atoms with Gasteiger partial charge in [0.05, 0.1) is 16.7 Å². The Hall–Kier alpha value is -4.71. The van der Waals surface area contributed by atoms with Gasteiger partial charge in [0.15, 0.2) is 0 Å². The Morgan fingerprint density at radius 1 is 0.417 bits per heavy atom. The normalized spacial score (nSPS) is 10.3. The van der Waals surface area contributed by atoms with E-state index in [0.29, 0.717) is 0 Å². The van der Waals surface area contributed by atoms with Crippen molar-refractivity contribution >= 4 is 17.9 Å². The van der Waals surface area contributed by atoms with E-state index in [1.807, 2.05) is 91.0 Å². The van der Waals surface area contributed by atoms with Crippen LogP contribution in [0.5, 0.6) is 0 Å². The van der Waals surface area contributed by atoms with Crippen LogP contribution in [0.25, 0.3) is 0 Å². The molecule has 0 aliphatic rings. The fraction of sp³-hybridized carbons (Fsp3) is 0.100. The minimum absolute atomic E-state index is 0.0147. The molecule has 36 heavy (non-hydrogen) atoms. The molecule has 0 fully saturated rings. The lowest BCUT2D eigenvalue weighted by Crippen LogP contribution is -2.19. The third kappa shape index (κ3) is 6.45. The van der Waals surface area contributed by atoms with Crippen molar-refractivity contribution in [3.8, 4) is 0 Å². The minimum atomic E-state index is -0.822. The van der Waals surface area contributed by atoms with Gasteiger partial charge in [0.1, 0.15) is 19.8 Å². The molecule has 0 bridgehead atoms. The first kappa shape index (κ1) is 24.4. The van der Waals surface area contributed by atoms with E-state index in [9.17, 15) is 14.4 Å². The van der Waals surface area contributed by atoms with Gasteiger partial charge in [-0.1, -0.05) is 97.1 Å². The monoisotopic (exact) mass is 480 g/mol. The zero-order valence-corrected chi connectivity index (χ0v) is 19.5. The average Bonchev–Trinajstić information content (AvgIpc) is 2.94. The molecule has 0 atom stereocenters. The van der Waals surface area contributed by atoms with Gasteiger partial charge < -0.3 is 14.2 Å². The van der Waals surface area contributed by atoms with Gasteiger partial charge in [-0.05, 0) is 28.8 Å². The summed E-state index contributed by atoms with van der Waals surface area (Å²) >= 11 is 0. The van der Waals surface area contributed by atoms with Crippen molar-refractivity contribution in [1.82, 2.24) is 0 Å². The molecular formula is C30H24O6. The van der Waals surface area contributed by atoms with Crippen LogP contribution in [0.1, 0.15) is 47.8 Å². The van der Waals surface area contributed by atoms with Crippen LogP contribution in [-0.4, -0.2) is 17.9 Å². The first-order valence-corrected chi connectivity index (χ1v) is 11.4. The molecule has 0 saturated heterocycles. The molecule has 0 N–H and O–H groups in total. The molecule has 0 amide bonds. The minimum Gasteiger partial charge on any atom is -0.457 e. The molecule has 180 valence electrons. The standard InChI is InChI=1S/C30H24O6/c31-28(34-19-22-11-4-1-5-12-22)25-17-10-18-26(29(32)35-20-23-13-6-2-7-14-23)27(25)30(33)36-21-24-15-8-3-9-16-24/h1-18H,19-21H2. The van der Waals surface area contributed by atoms with Gasteiger partial charge in [0, 0.05) is 0 Å². The molecule has 0 unspecified atom stereocenters. The van der Waals surface area contributed by atoms with Crippen molar-refractivity contribution in [2.24, 2.45) is 0 Å². The van der Waals surface area contributed by atoms with Gasteiger partial charge in [-0.2, -0.15) is 0 Å². The van der Waals surface area contributed by atoms with Gasteiger partial charge in [0.25, 0.3) is 0 Å². The van der Waals surface area contributed by atoms with E-state index < -0.39 is 17.9 Å². The van der Waals surface area contributed by atoms with E-state index in [4.69, 9.17) is 14.2 Å². The summed E-state index contributed by atoms with van der Waals surface area (Å²) in [6, 6.07) is 31.8. The number of carbonyl (C=O) groups is 3. The molecule has 4 aromatic carbocycles. The quantitative estimate of drug-likeness (QED) is 0.224. The number of hydrogen-bond acceptors (Lipinski definition) is 6. The second-order valence-corrected chi connectivity index (χ2v) is 7.91. The third-order valence-corrected chi connectivity index (χ3v) is 5.35. The molecule has 0 saturated carbocycles. The summed E-state index contributed by atoms with van der Waals surface area (Å²) in [7, 11) is 0. The van der Waals surface area contributed by atoms with Crippen LogP contribution in [0, 0.1) is 0 Å². The van der Waals surface area contributed by atoms with Crippen molar-refractivity contribution in [2.75, 3.05) is 0 Å². The fourth-order valence-corrected chi connectivity index (χ4v) is 3.51. The summed E-state index contributed by atoms with van der Waals surface area (Å²) in [5.41, 5.74) is 2.01. The highest BCUT2D eigenvalue weighted by atomic mass is 16.5. The maximum Gasteiger partial charge on any atom is 0.340 e. The molecule has 0 aromatic heterocycles. The van der Waals surface area contributed by atoms with Crippen LogP contribution in [0.2, 0.25) is 0 Å². The maximum absolute atomic E-state index is 13.2. The van der Waals surface area contributed by atoms with Crippen LogP contribution in [0.15, 0.2) is 109 Å². The second-order valence-electron chi connectivity index (χ2n) is 7.91. The SMILES string of the molecule is O=C(OCc1ccccc1)c1cccc(C(=O)OCc2ccccc2)c1C(=O)OCc1ccccc1. The molecule has 0 spiro atoms.